The van der Waals surface area contributed by atoms with Crippen molar-refractivity contribution in [3.05, 3.63) is 107 Å². The lowest BCUT2D eigenvalue weighted by molar-refractivity contribution is -0.115. The molecule has 188 valence electrons. The van der Waals surface area contributed by atoms with Crippen molar-refractivity contribution in [2.75, 3.05) is 5.32 Å². The molecule has 2 aromatic heterocycles. The number of thioether (sulfide) groups is 1. The topological polar surface area (TPSA) is 68.9 Å². The van der Waals surface area contributed by atoms with Gasteiger partial charge >= 0.3 is 0 Å². The fourth-order valence-corrected chi connectivity index (χ4v) is 5.85. The maximum Gasteiger partial charge on any atom is 0.266 e. The fourth-order valence-electron chi connectivity index (χ4n) is 4.92. The normalized spacial score (nSPS) is 12.3. The van der Waals surface area contributed by atoms with Crippen LogP contribution in [0.2, 0.25) is 0 Å². The third kappa shape index (κ3) is 4.15. The standard InChI is InChI=1S/C31H26N4O2S/c1-3-34-27-16-10-8-13-23(27)25-19-21(17-18-28(25)34)32-29(36)20(2)38-31-33-26-15-9-7-14-24(26)30(37)35(31)22-11-5-4-6-12-22/h4-20H,3H2,1-2H3,(H,32,36). The number of anilines is 1. The summed E-state index contributed by atoms with van der Waals surface area (Å²) in [7, 11) is 0. The van der Waals surface area contributed by atoms with Crippen LogP contribution < -0.4 is 10.9 Å². The lowest BCUT2D eigenvalue weighted by Gasteiger charge is -2.16. The first-order valence-corrected chi connectivity index (χ1v) is 13.5. The SMILES string of the molecule is CCn1c2ccccc2c2cc(NC(=O)C(C)Sc3nc4ccccc4c(=O)n3-c3ccccc3)ccc21. The highest BCUT2D eigenvalue weighted by Gasteiger charge is 2.21. The van der Waals surface area contributed by atoms with Gasteiger partial charge in [0.25, 0.3) is 5.56 Å². The molecule has 38 heavy (non-hydrogen) atoms. The number of rotatable bonds is 6. The molecule has 0 aliphatic heterocycles. The Morgan fingerprint density at radius 3 is 2.34 bits per heavy atom. The second-order valence-electron chi connectivity index (χ2n) is 9.13. The summed E-state index contributed by atoms with van der Waals surface area (Å²) in [5.41, 5.74) is 4.22. The van der Waals surface area contributed by atoms with Crippen LogP contribution in [0.1, 0.15) is 13.8 Å². The molecule has 0 spiro atoms. The van der Waals surface area contributed by atoms with E-state index in [1.807, 2.05) is 79.7 Å². The second kappa shape index (κ2) is 9.84. The van der Waals surface area contributed by atoms with Crippen LogP contribution in [0.4, 0.5) is 5.69 Å². The number of fused-ring (bicyclic) bond motifs is 4. The number of nitrogens with zero attached hydrogens (tertiary/aromatic N) is 3. The molecule has 2 heterocycles. The van der Waals surface area contributed by atoms with Gasteiger partial charge in [-0.1, -0.05) is 60.3 Å². The number of para-hydroxylation sites is 3. The molecular formula is C31H26N4O2S. The Morgan fingerprint density at radius 1 is 0.868 bits per heavy atom. The van der Waals surface area contributed by atoms with E-state index in [4.69, 9.17) is 4.98 Å². The monoisotopic (exact) mass is 518 g/mol. The van der Waals surface area contributed by atoms with Crippen molar-refractivity contribution in [2.45, 2.75) is 30.8 Å². The van der Waals surface area contributed by atoms with E-state index in [1.54, 1.807) is 10.6 Å². The van der Waals surface area contributed by atoms with Crippen molar-refractivity contribution < 1.29 is 4.79 Å². The summed E-state index contributed by atoms with van der Waals surface area (Å²) >= 11 is 1.27. The van der Waals surface area contributed by atoms with E-state index >= 15 is 0 Å². The largest absolute Gasteiger partial charge is 0.341 e. The van der Waals surface area contributed by atoms with Crippen LogP contribution in [0.3, 0.4) is 0 Å². The highest BCUT2D eigenvalue weighted by molar-refractivity contribution is 8.00. The summed E-state index contributed by atoms with van der Waals surface area (Å²) < 4.78 is 3.87. The molecule has 6 nitrogen and oxygen atoms in total. The maximum absolute atomic E-state index is 13.5. The average molecular weight is 519 g/mol. The molecule has 7 heteroatoms. The van der Waals surface area contributed by atoms with Gasteiger partial charge in [-0.2, -0.15) is 0 Å². The summed E-state index contributed by atoms with van der Waals surface area (Å²) in [6, 6.07) is 31.1. The van der Waals surface area contributed by atoms with Gasteiger partial charge in [0.05, 0.1) is 21.8 Å². The highest BCUT2D eigenvalue weighted by atomic mass is 32.2. The van der Waals surface area contributed by atoms with E-state index in [-0.39, 0.29) is 11.5 Å². The molecule has 4 aromatic carbocycles. The number of aryl methyl sites for hydroxylation is 1. The highest BCUT2D eigenvalue weighted by Crippen LogP contribution is 2.32. The number of aromatic nitrogens is 3. The second-order valence-corrected chi connectivity index (χ2v) is 10.4. The number of amides is 1. The molecule has 6 aromatic rings. The number of nitrogens with one attached hydrogen (secondary N) is 1. The van der Waals surface area contributed by atoms with Crippen LogP contribution >= 0.6 is 11.8 Å². The van der Waals surface area contributed by atoms with Crippen molar-refractivity contribution in [3.8, 4) is 5.69 Å². The molecule has 0 aliphatic carbocycles. The first-order valence-electron chi connectivity index (χ1n) is 12.6. The Balaban J connectivity index is 1.33. The molecule has 1 unspecified atom stereocenters. The minimum absolute atomic E-state index is 0.157. The third-order valence-corrected chi connectivity index (χ3v) is 7.82. The minimum atomic E-state index is -0.495. The third-order valence-electron chi connectivity index (χ3n) is 6.77. The minimum Gasteiger partial charge on any atom is -0.341 e. The zero-order chi connectivity index (χ0) is 26.2. The van der Waals surface area contributed by atoms with Gasteiger partial charge in [0.2, 0.25) is 5.91 Å². The molecule has 1 atom stereocenters. The average Bonchev–Trinajstić information content (AvgIpc) is 3.26. The molecule has 6 rings (SSSR count). The van der Waals surface area contributed by atoms with Gasteiger partial charge in [-0.3, -0.25) is 14.2 Å². The zero-order valence-corrected chi connectivity index (χ0v) is 21.9. The van der Waals surface area contributed by atoms with Gasteiger partial charge in [-0.25, -0.2) is 4.98 Å². The summed E-state index contributed by atoms with van der Waals surface area (Å²) in [4.78, 5) is 31.6. The lowest BCUT2D eigenvalue weighted by Crippen LogP contribution is -2.26. The number of hydrogen-bond acceptors (Lipinski definition) is 4. The van der Waals surface area contributed by atoms with Crippen LogP contribution in [0, 0.1) is 0 Å². The van der Waals surface area contributed by atoms with Crippen LogP contribution in [-0.4, -0.2) is 25.3 Å². The zero-order valence-electron chi connectivity index (χ0n) is 21.1. The van der Waals surface area contributed by atoms with Crippen molar-refractivity contribution in [1.82, 2.24) is 14.1 Å². The van der Waals surface area contributed by atoms with Crippen molar-refractivity contribution in [1.29, 1.82) is 0 Å². The Hall–Kier alpha value is -4.36. The Bertz CT molecular complexity index is 1870. The van der Waals surface area contributed by atoms with Gasteiger partial charge < -0.3 is 9.88 Å². The lowest BCUT2D eigenvalue weighted by atomic mass is 10.1. The molecule has 0 bridgehead atoms. The van der Waals surface area contributed by atoms with Crippen molar-refractivity contribution >= 4 is 56.1 Å². The quantitative estimate of drug-likeness (QED) is 0.198. The summed E-state index contributed by atoms with van der Waals surface area (Å²) in [5, 5.41) is 5.86. The van der Waals surface area contributed by atoms with Crippen LogP contribution in [-0.2, 0) is 11.3 Å². The smallest absolute Gasteiger partial charge is 0.266 e. The first-order chi connectivity index (χ1) is 18.5. The van der Waals surface area contributed by atoms with E-state index in [9.17, 15) is 9.59 Å². The Morgan fingerprint density at radius 2 is 1.55 bits per heavy atom. The number of hydrogen-bond donors (Lipinski definition) is 1. The van der Waals surface area contributed by atoms with Gasteiger partial charge in [0, 0.05) is 34.0 Å². The van der Waals surface area contributed by atoms with E-state index in [2.05, 4.69) is 35.0 Å². The number of carbonyl (C=O) groups is 1. The molecule has 0 aliphatic rings. The molecule has 0 fully saturated rings. The predicted molar refractivity (Wildman–Crippen MR) is 156 cm³/mol. The predicted octanol–water partition coefficient (Wildman–Crippen LogP) is 6.63. The Labute approximate surface area is 223 Å². The number of benzene rings is 4. The molecule has 0 saturated carbocycles. The van der Waals surface area contributed by atoms with Crippen molar-refractivity contribution in [3.63, 3.8) is 0 Å². The Kier molecular flexibility index (Phi) is 6.21. The summed E-state index contributed by atoms with van der Waals surface area (Å²) in [5.74, 6) is -0.157. The van der Waals surface area contributed by atoms with E-state index in [0.29, 0.717) is 21.7 Å². The fraction of sp³-hybridized carbons (Fsp3) is 0.129. The molecule has 0 radical (unpaired) electrons. The van der Waals surface area contributed by atoms with Crippen LogP contribution in [0.15, 0.2) is 107 Å². The van der Waals surface area contributed by atoms with E-state index < -0.39 is 5.25 Å². The molecule has 1 N–H and O–H groups in total. The molecule has 1 amide bonds. The van der Waals surface area contributed by atoms with E-state index in [1.165, 1.54) is 17.3 Å². The van der Waals surface area contributed by atoms with Crippen LogP contribution in [0.25, 0.3) is 38.4 Å². The summed E-state index contributed by atoms with van der Waals surface area (Å²) in [6.45, 7) is 4.83. The van der Waals surface area contributed by atoms with Gasteiger partial charge in [0.15, 0.2) is 5.16 Å². The van der Waals surface area contributed by atoms with Crippen molar-refractivity contribution in [2.24, 2.45) is 0 Å². The van der Waals surface area contributed by atoms with Gasteiger partial charge in [0.1, 0.15) is 0 Å². The summed E-state index contributed by atoms with van der Waals surface area (Å²) in [6.07, 6.45) is 0. The first kappa shape index (κ1) is 24.0. The van der Waals surface area contributed by atoms with Crippen LogP contribution in [0.5, 0.6) is 0 Å². The van der Waals surface area contributed by atoms with E-state index in [0.717, 1.165) is 28.5 Å². The van der Waals surface area contributed by atoms with Gasteiger partial charge in [-0.05, 0) is 62.4 Å². The molecular weight excluding hydrogens is 492 g/mol. The maximum atomic E-state index is 13.5. The van der Waals surface area contributed by atoms with Gasteiger partial charge in [-0.15, -0.1) is 0 Å². The number of carbonyl (C=O) groups excluding carboxylic acids is 1. The molecule has 0 saturated heterocycles.